The van der Waals surface area contributed by atoms with E-state index in [4.69, 9.17) is 16.6 Å². The molecule has 0 bridgehead atoms. The third-order valence-corrected chi connectivity index (χ3v) is 5.85. The summed E-state index contributed by atoms with van der Waals surface area (Å²) in [5.74, 6) is 0.712. The number of carbonyl (C=O) groups excluding carboxylic acids is 1. The van der Waals surface area contributed by atoms with E-state index in [9.17, 15) is 4.79 Å². The molecule has 1 aliphatic rings. The lowest BCUT2D eigenvalue weighted by Gasteiger charge is -2.28. The van der Waals surface area contributed by atoms with Crippen LogP contribution in [-0.4, -0.2) is 28.8 Å². The fourth-order valence-electron chi connectivity index (χ4n) is 4.04. The third kappa shape index (κ3) is 4.86. The van der Waals surface area contributed by atoms with Crippen molar-refractivity contribution in [1.29, 1.82) is 0 Å². The van der Waals surface area contributed by atoms with Crippen LogP contribution in [0.25, 0.3) is 11.5 Å². The average Bonchev–Trinajstić information content (AvgIpc) is 3.09. The van der Waals surface area contributed by atoms with Crippen molar-refractivity contribution >= 4 is 23.8 Å². The van der Waals surface area contributed by atoms with Gasteiger partial charge in [0, 0.05) is 30.0 Å². The second-order valence-corrected chi connectivity index (χ2v) is 8.44. The first-order valence-corrected chi connectivity index (χ1v) is 10.7. The molecule has 1 aliphatic heterocycles. The van der Waals surface area contributed by atoms with E-state index in [0.29, 0.717) is 17.4 Å². The Bertz CT molecular complexity index is 1060. The largest absolute Gasteiger partial charge is 0.409 e. The number of nitrogens with one attached hydrogen (secondary N) is 2. The molecule has 0 aliphatic carbocycles. The van der Waals surface area contributed by atoms with Gasteiger partial charge in [-0.3, -0.25) is 4.79 Å². The molecule has 0 spiro atoms. The van der Waals surface area contributed by atoms with Crippen LogP contribution in [0.3, 0.4) is 0 Å². The number of benzene rings is 2. The summed E-state index contributed by atoms with van der Waals surface area (Å²) in [6.45, 7) is 6.58. The van der Waals surface area contributed by atoms with Crippen LogP contribution in [0.1, 0.15) is 24.0 Å². The second-order valence-electron chi connectivity index (χ2n) is 8.09. The summed E-state index contributed by atoms with van der Waals surface area (Å²) >= 11 is 5.40. The van der Waals surface area contributed by atoms with E-state index < -0.39 is 0 Å². The quantitative estimate of drug-likeness (QED) is 0.618. The van der Waals surface area contributed by atoms with Crippen molar-refractivity contribution in [3.8, 4) is 11.5 Å². The normalized spacial score (nSPS) is 18.9. The van der Waals surface area contributed by atoms with E-state index in [1.54, 1.807) is 4.68 Å². The summed E-state index contributed by atoms with van der Waals surface area (Å²) < 4.78 is 7.53. The monoisotopic (exact) mass is 423 g/mol. The van der Waals surface area contributed by atoms with Crippen LogP contribution in [0.5, 0.6) is 0 Å². The number of para-hydroxylation sites is 1. The molecule has 1 saturated heterocycles. The Labute approximate surface area is 181 Å². The number of aryl methyl sites for hydroxylation is 2. The molecule has 4 rings (SSSR count). The highest BCUT2D eigenvalue weighted by atomic mass is 32.1. The van der Waals surface area contributed by atoms with Crippen LogP contribution in [0.15, 0.2) is 52.9 Å². The Balaban J connectivity index is 1.36. The molecule has 2 N–H and O–H groups in total. The first-order chi connectivity index (χ1) is 14.5. The summed E-state index contributed by atoms with van der Waals surface area (Å²) in [6.07, 6.45) is 1.70. The van der Waals surface area contributed by atoms with Gasteiger partial charge in [-0.1, -0.05) is 35.4 Å². The van der Waals surface area contributed by atoms with Crippen molar-refractivity contribution in [2.24, 2.45) is 5.92 Å². The Kier molecular flexibility index (Phi) is 6.11. The number of likely N-dealkylation sites (tertiary alicyclic amines) is 1. The molecule has 0 atom stereocenters. The number of piperidine rings is 1. The van der Waals surface area contributed by atoms with Gasteiger partial charge in [-0.15, -0.1) is 5.10 Å². The summed E-state index contributed by atoms with van der Waals surface area (Å²) in [5.41, 5.74) is 4.14. The Morgan fingerprint density at radius 3 is 2.50 bits per heavy atom. The molecular formula is C23H27N4O2S+. The fraction of sp³-hybridized carbons (Fsp3) is 0.348. The van der Waals surface area contributed by atoms with Crippen LogP contribution in [0.2, 0.25) is 0 Å². The molecule has 1 amide bonds. The van der Waals surface area contributed by atoms with Gasteiger partial charge in [-0.05, 0) is 50.3 Å². The number of carbonyl (C=O) groups is 1. The number of quaternary nitrogens is 1. The van der Waals surface area contributed by atoms with E-state index in [0.717, 1.165) is 37.2 Å². The minimum atomic E-state index is 0.0464. The standard InChI is InChI=1S/C23H26N4O2S/c1-16-12-17(2)14-19(13-16)22-25-27(23(30)29-22)15-26-10-8-18(9-11-26)21(28)24-20-6-4-3-5-7-20/h3-7,12-14,18H,8-11,15H2,1-2H3,(H,24,28)/p+1. The van der Waals surface area contributed by atoms with Crippen LogP contribution in [0, 0.1) is 24.6 Å². The molecule has 0 radical (unpaired) electrons. The summed E-state index contributed by atoms with van der Waals surface area (Å²) in [5, 5.41) is 7.63. The maximum absolute atomic E-state index is 12.5. The predicted molar refractivity (Wildman–Crippen MR) is 119 cm³/mol. The van der Waals surface area contributed by atoms with Crippen molar-refractivity contribution in [3.05, 3.63) is 64.5 Å². The van der Waals surface area contributed by atoms with Crippen LogP contribution in [0.4, 0.5) is 5.69 Å². The highest BCUT2D eigenvalue weighted by molar-refractivity contribution is 7.71. The molecular weight excluding hydrogens is 396 g/mol. The molecule has 156 valence electrons. The number of amides is 1. The number of anilines is 1. The maximum Gasteiger partial charge on any atom is 0.292 e. The van der Waals surface area contributed by atoms with Gasteiger partial charge in [-0.25, -0.2) is 0 Å². The molecule has 2 heterocycles. The Hall–Kier alpha value is -2.77. The van der Waals surface area contributed by atoms with Crippen molar-refractivity contribution in [1.82, 2.24) is 9.78 Å². The average molecular weight is 424 g/mol. The van der Waals surface area contributed by atoms with Crippen LogP contribution in [-0.2, 0) is 11.5 Å². The number of nitrogens with zero attached hydrogens (tertiary/aromatic N) is 2. The molecule has 1 aromatic heterocycles. The lowest BCUT2D eigenvalue weighted by atomic mass is 9.96. The van der Waals surface area contributed by atoms with E-state index in [1.807, 2.05) is 30.3 Å². The SMILES string of the molecule is Cc1cc(C)cc(-c2nn(C[NH+]3CCC(C(=O)Nc4ccccc4)CC3)c(=S)o2)c1. The molecule has 2 aromatic carbocycles. The lowest BCUT2D eigenvalue weighted by Crippen LogP contribution is -3.12. The molecule has 1 fully saturated rings. The molecule has 6 nitrogen and oxygen atoms in total. The number of aromatic nitrogens is 2. The maximum atomic E-state index is 12.5. The molecule has 3 aromatic rings. The molecule has 7 heteroatoms. The molecule has 30 heavy (non-hydrogen) atoms. The first-order valence-electron chi connectivity index (χ1n) is 10.3. The number of hydrogen-bond donors (Lipinski definition) is 2. The smallest absolute Gasteiger partial charge is 0.292 e. The topological polar surface area (TPSA) is 64.5 Å². The Morgan fingerprint density at radius 2 is 1.83 bits per heavy atom. The summed E-state index contributed by atoms with van der Waals surface area (Å²) in [6, 6.07) is 15.9. The van der Waals surface area contributed by atoms with E-state index in [2.05, 4.69) is 42.5 Å². The van der Waals surface area contributed by atoms with Gasteiger partial charge < -0.3 is 14.6 Å². The number of rotatable bonds is 5. The molecule has 0 unspecified atom stereocenters. The third-order valence-electron chi connectivity index (χ3n) is 5.55. The van der Waals surface area contributed by atoms with E-state index in [1.165, 1.54) is 16.0 Å². The predicted octanol–water partition coefficient (Wildman–Crippen LogP) is 3.38. The number of hydrogen-bond acceptors (Lipinski definition) is 4. The highest BCUT2D eigenvalue weighted by Crippen LogP contribution is 2.21. The van der Waals surface area contributed by atoms with Gasteiger partial charge in [-0.2, -0.15) is 4.68 Å². The van der Waals surface area contributed by atoms with Gasteiger partial charge in [0.2, 0.25) is 11.8 Å². The first kappa shape index (κ1) is 20.5. The van der Waals surface area contributed by atoms with Gasteiger partial charge in [0.1, 0.15) is 0 Å². The fourth-order valence-corrected chi connectivity index (χ4v) is 4.23. The zero-order valence-electron chi connectivity index (χ0n) is 17.4. The van der Waals surface area contributed by atoms with Gasteiger partial charge in [0.05, 0.1) is 13.1 Å². The van der Waals surface area contributed by atoms with Crippen LogP contribution < -0.4 is 10.2 Å². The summed E-state index contributed by atoms with van der Waals surface area (Å²) in [7, 11) is 0. The zero-order valence-corrected chi connectivity index (χ0v) is 18.2. The van der Waals surface area contributed by atoms with Crippen molar-refractivity contribution in [3.63, 3.8) is 0 Å². The van der Waals surface area contributed by atoms with Crippen molar-refractivity contribution < 1.29 is 14.1 Å². The minimum absolute atomic E-state index is 0.0464. The van der Waals surface area contributed by atoms with Crippen molar-refractivity contribution in [2.45, 2.75) is 33.4 Å². The van der Waals surface area contributed by atoms with E-state index in [-0.39, 0.29) is 11.8 Å². The van der Waals surface area contributed by atoms with Crippen LogP contribution >= 0.6 is 12.2 Å². The second kappa shape index (κ2) is 8.93. The van der Waals surface area contributed by atoms with Gasteiger partial charge in [0.25, 0.3) is 4.84 Å². The van der Waals surface area contributed by atoms with Gasteiger partial charge in [0.15, 0.2) is 6.67 Å². The highest BCUT2D eigenvalue weighted by Gasteiger charge is 2.28. The lowest BCUT2D eigenvalue weighted by molar-refractivity contribution is -0.929. The van der Waals surface area contributed by atoms with Crippen molar-refractivity contribution in [2.75, 3.05) is 18.4 Å². The zero-order chi connectivity index (χ0) is 21.1. The summed E-state index contributed by atoms with van der Waals surface area (Å²) in [4.78, 5) is 14.3. The Morgan fingerprint density at radius 1 is 1.17 bits per heavy atom. The molecule has 0 saturated carbocycles. The van der Waals surface area contributed by atoms with E-state index >= 15 is 0 Å². The van der Waals surface area contributed by atoms with Gasteiger partial charge >= 0.3 is 0 Å². The minimum Gasteiger partial charge on any atom is -0.409 e.